The number of H-pyrrole nitrogens is 1. The average Bonchev–Trinajstić information content (AvgIpc) is 2.99. The predicted octanol–water partition coefficient (Wildman–Crippen LogP) is 1.68. The van der Waals surface area contributed by atoms with Crippen molar-refractivity contribution in [1.29, 1.82) is 0 Å². The molecule has 0 saturated carbocycles. The molecule has 25 heavy (non-hydrogen) atoms. The van der Waals surface area contributed by atoms with Gasteiger partial charge in [0.15, 0.2) is 5.82 Å². The summed E-state index contributed by atoms with van der Waals surface area (Å²) in [7, 11) is 1.79. The number of aromatic amines is 1. The van der Waals surface area contributed by atoms with Gasteiger partial charge in [-0.3, -0.25) is 14.5 Å². The van der Waals surface area contributed by atoms with Crippen LogP contribution in [0.1, 0.15) is 18.5 Å². The first-order valence-electron chi connectivity index (χ1n) is 7.86. The molecule has 0 fully saturated rings. The summed E-state index contributed by atoms with van der Waals surface area (Å²) in [5.41, 5.74) is 0.439. The Kier molecular flexibility index (Phi) is 4.62. The van der Waals surface area contributed by atoms with Gasteiger partial charge in [0, 0.05) is 6.07 Å². The van der Waals surface area contributed by atoms with Gasteiger partial charge in [0.05, 0.1) is 23.5 Å². The number of hydrogen-bond donors (Lipinski definition) is 2. The Hall–Kier alpha value is -3.00. The van der Waals surface area contributed by atoms with Crippen LogP contribution in [0.3, 0.4) is 0 Å². The van der Waals surface area contributed by atoms with E-state index in [0.717, 1.165) is 0 Å². The maximum absolute atomic E-state index is 12.3. The maximum Gasteiger partial charge on any atom is 0.258 e. The number of hydrogen-bond acceptors (Lipinski definition) is 6. The van der Waals surface area contributed by atoms with Crippen molar-refractivity contribution in [2.24, 2.45) is 0 Å². The Morgan fingerprint density at radius 2 is 2.16 bits per heavy atom. The monoisotopic (exact) mass is 341 g/mol. The van der Waals surface area contributed by atoms with Crippen molar-refractivity contribution >= 4 is 22.6 Å². The van der Waals surface area contributed by atoms with Gasteiger partial charge in [-0.15, -0.1) is 0 Å². The summed E-state index contributed by atoms with van der Waals surface area (Å²) in [6, 6.07) is 8.34. The molecule has 0 spiro atoms. The highest BCUT2D eigenvalue weighted by molar-refractivity contribution is 5.93. The van der Waals surface area contributed by atoms with E-state index in [4.69, 9.17) is 4.52 Å². The van der Waals surface area contributed by atoms with Gasteiger partial charge in [0.1, 0.15) is 11.6 Å². The Balaban J connectivity index is 1.71. The van der Waals surface area contributed by atoms with Crippen LogP contribution < -0.4 is 10.9 Å². The number of nitrogens with zero attached hydrogens (tertiary/aromatic N) is 3. The minimum Gasteiger partial charge on any atom is -0.360 e. The van der Waals surface area contributed by atoms with Gasteiger partial charge in [-0.2, -0.15) is 0 Å². The van der Waals surface area contributed by atoms with Crippen molar-refractivity contribution in [3.05, 3.63) is 52.3 Å². The molecule has 0 aliphatic rings. The largest absolute Gasteiger partial charge is 0.360 e. The molecule has 2 heterocycles. The third kappa shape index (κ3) is 3.74. The number of fused-ring (bicyclic) bond motifs is 1. The lowest BCUT2D eigenvalue weighted by atomic mass is 10.2. The summed E-state index contributed by atoms with van der Waals surface area (Å²) in [6.07, 6.45) is 0. The molecule has 8 heteroatoms. The van der Waals surface area contributed by atoms with Crippen LogP contribution in [0.4, 0.5) is 5.82 Å². The summed E-state index contributed by atoms with van der Waals surface area (Å²) in [6.45, 7) is 3.84. The summed E-state index contributed by atoms with van der Waals surface area (Å²) in [4.78, 5) is 33.4. The molecule has 0 aliphatic heterocycles. The van der Waals surface area contributed by atoms with Crippen LogP contribution in [0.25, 0.3) is 10.9 Å². The van der Waals surface area contributed by atoms with Crippen molar-refractivity contribution in [2.45, 2.75) is 26.4 Å². The minimum atomic E-state index is -0.450. The fourth-order valence-electron chi connectivity index (χ4n) is 2.44. The normalized spacial score (nSPS) is 12.5. The fourth-order valence-corrected chi connectivity index (χ4v) is 2.44. The molecule has 8 nitrogen and oxygen atoms in total. The zero-order chi connectivity index (χ0) is 18.0. The van der Waals surface area contributed by atoms with Crippen molar-refractivity contribution < 1.29 is 9.32 Å². The molecule has 0 aliphatic carbocycles. The van der Waals surface area contributed by atoms with E-state index in [1.54, 1.807) is 50.1 Å². The molecule has 2 N–H and O–H groups in total. The quantitative estimate of drug-likeness (QED) is 0.732. The number of amides is 1. The first kappa shape index (κ1) is 16.8. The number of aromatic nitrogens is 3. The van der Waals surface area contributed by atoms with Gasteiger partial charge >= 0.3 is 0 Å². The Morgan fingerprint density at radius 3 is 2.88 bits per heavy atom. The number of aryl methyl sites for hydroxylation is 1. The van der Waals surface area contributed by atoms with E-state index in [9.17, 15) is 9.59 Å². The molecule has 1 atom stereocenters. The topological polar surface area (TPSA) is 104 Å². The van der Waals surface area contributed by atoms with Gasteiger partial charge in [-0.1, -0.05) is 17.3 Å². The van der Waals surface area contributed by atoms with Gasteiger partial charge in [0.2, 0.25) is 5.91 Å². The van der Waals surface area contributed by atoms with Crippen LogP contribution in [-0.4, -0.2) is 39.0 Å². The summed E-state index contributed by atoms with van der Waals surface area (Å²) in [5, 5.41) is 6.98. The molecule has 0 bridgehead atoms. The van der Waals surface area contributed by atoms with Gasteiger partial charge in [-0.05, 0) is 33.0 Å². The minimum absolute atomic E-state index is 0.191. The van der Waals surface area contributed by atoms with Gasteiger partial charge < -0.3 is 14.8 Å². The first-order chi connectivity index (χ1) is 11.9. The lowest BCUT2D eigenvalue weighted by Gasteiger charge is -2.22. The van der Waals surface area contributed by atoms with E-state index in [2.05, 4.69) is 20.4 Å². The molecule has 3 rings (SSSR count). The maximum atomic E-state index is 12.3. The zero-order valence-corrected chi connectivity index (χ0v) is 14.2. The highest BCUT2D eigenvalue weighted by Gasteiger charge is 2.20. The Labute approximate surface area is 143 Å². The molecule has 1 amide bonds. The zero-order valence-electron chi connectivity index (χ0n) is 14.2. The van der Waals surface area contributed by atoms with Crippen LogP contribution in [0.15, 0.2) is 39.6 Å². The Bertz CT molecular complexity index is 962. The van der Waals surface area contributed by atoms with E-state index < -0.39 is 6.04 Å². The van der Waals surface area contributed by atoms with Crippen LogP contribution in [-0.2, 0) is 11.3 Å². The Morgan fingerprint density at radius 1 is 1.40 bits per heavy atom. The van der Waals surface area contributed by atoms with Gasteiger partial charge in [-0.25, -0.2) is 4.98 Å². The molecular formula is C17H19N5O3. The standard InChI is InChI=1S/C17H19N5O3/c1-10-8-14(21-25-10)19-16(23)11(2)22(3)9-15-18-13-7-5-4-6-12(13)17(24)20-15/h4-8,11H,9H2,1-3H3,(H,18,20,24)(H,19,21,23)/t11-/m0/s1. The number of nitrogens with one attached hydrogen (secondary N) is 2. The second kappa shape index (κ2) is 6.86. The van der Waals surface area contributed by atoms with E-state index in [-0.39, 0.29) is 11.5 Å². The van der Waals surface area contributed by atoms with Crippen LogP contribution in [0.2, 0.25) is 0 Å². The highest BCUT2D eigenvalue weighted by Crippen LogP contribution is 2.11. The van der Waals surface area contributed by atoms with Crippen LogP contribution in [0, 0.1) is 6.92 Å². The smallest absolute Gasteiger partial charge is 0.258 e. The van der Waals surface area contributed by atoms with E-state index in [1.807, 2.05) is 6.07 Å². The number of likely N-dealkylation sites (N-methyl/N-ethyl adjacent to an activating group) is 1. The number of benzene rings is 1. The third-order valence-electron chi connectivity index (χ3n) is 3.98. The van der Waals surface area contributed by atoms with Crippen molar-refractivity contribution in [2.75, 3.05) is 12.4 Å². The van der Waals surface area contributed by atoms with Crippen LogP contribution in [0.5, 0.6) is 0 Å². The second-order valence-electron chi connectivity index (χ2n) is 5.93. The molecule has 0 radical (unpaired) electrons. The lowest BCUT2D eigenvalue weighted by molar-refractivity contribution is -0.120. The van der Waals surface area contributed by atoms with Crippen molar-refractivity contribution in [3.63, 3.8) is 0 Å². The number of carbonyl (C=O) groups is 1. The summed E-state index contributed by atoms with van der Waals surface area (Å²) >= 11 is 0. The van der Waals surface area contributed by atoms with E-state index in [0.29, 0.717) is 34.9 Å². The number of anilines is 1. The number of rotatable bonds is 5. The highest BCUT2D eigenvalue weighted by atomic mass is 16.5. The SMILES string of the molecule is Cc1cc(NC(=O)[C@H](C)N(C)Cc2nc3ccccc3c(=O)[nH]2)no1. The molecule has 3 aromatic rings. The molecule has 0 saturated heterocycles. The fraction of sp³-hybridized carbons (Fsp3) is 0.294. The third-order valence-corrected chi connectivity index (χ3v) is 3.98. The summed E-state index contributed by atoms with van der Waals surface area (Å²) < 4.78 is 4.93. The molecule has 2 aromatic heterocycles. The van der Waals surface area contributed by atoms with Crippen molar-refractivity contribution in [3.8, 4) is 0 Å². The van der Waals surface area contributed by atoms with Gasteiger partial charge in [0.25, 0.3) is 5.56 Å². The molecule has 130 valence electrons. The van der Waals surface area contributed by atoms with Crippen molar-refractivity contribution in [1.82, 2.24) is 20.0 Å². The van der Waals surface area contributed by atoms with Crippen LogP contribution >= 0.6 is 0 Å². The van der Waals surface area contributed by atoms with E-state index >= 15 is 0 Å². The lowest BCUT2D eigenvalue weighted by Crippen LogP contribution is -2.39. The predicted molar refractivity (Wildman–Crippen MR) is 93.2 cm³/mol. The average molecular weight is 341 g/mol. The second-order valence-corrected chi connectivity index (χ2v) is 5.93. The number of para-hydroxylation sites is 1. The molecular weight excluding hydrogens is 322 g/mol. The number of carbonyl (C=O) groups excluding carboxylic acids is 1. The summed E-state index contributed by atoms with van der Waals surface area (Å²) in [5.74, 6) is 1.27. The van der Waals surface area contributed by atoms with E-state index in [1.165, 1.54) is 0 Å². The molecule has 1 aromatic carbocycles. The first-order valence-corrected chi connectivity index (χ1v) is 7.86. The molecule has 0 unspecified atom stereocenters.